The van der Waals surface area contributed by atoms with Crippen LogP contribution in [0.4, 0.5) is 4.39 Å². The van der Waals surface area contributed by atoms with Crippen molar-refractivity contribution < 1.29 is 12.8 Å². The Bertz CT molecular complexity index is 548. The maximum atomic E-state index is 12.9. The highest BCUT2D eigenvalue weighted by molar-refractivity contribution is 7.89. The highest BCUT2D eigenvalue weighted by atomic mass is 35.5. The van der Waals surface area contributed by atoms with E-state index in [4.69, 9.17) is 11.6 Å². The van der Waals surface area contributed by atoms with Gasteiger partial charge in [0.1, 0.15) is 10.7 Å². The number of halogens is 3. The molecule has 0 amide bonds. The van der Waals surface area contributed by atoms with Gasteiger partial charge < -0.3 is 5.32 Å². The summed E-state index contributed by atoms with van der Waals surface area (Å²) in [5, 5.41) is 3.01. The fourth-order valence-electron chi connectivity index (χ4n) is 1.99. The first kappa shape index (κ1) is 16.7. The molecule has 0 saturated carbocycles. The van der Waals surface area contributed by atoms with E-state index < -0.39 is 15.8 Å². The highest BCUT2D eigenvalue weighted by Gasteiger charge is 2.31. The molecule has 2 rings (SSSR count). The molecule has 19 heavy (non-hydrogen) atoms. The highest BCUT2D eigenvalue weighted by Crippen LogP contribution is 2.26. The van der Waals surface area contributed by atoms with Crippen LogP contribution in [0.15, 0.2) is 23.1 Å². The lowest BCUT2D eigenvalue weighted by Gasteiger charge is -2.23. The first-order valence-electron chi connectivity index (χ1n) is 5.57. The van der Waals surface area contributed by atoms with E-state index in [0.717, 1.165) is 25.1 Å². The molecule has 0 radical (unpaired) electrons. The first-order valence-corrected chi connectivity index (χ1v) is 7.38. The predicted octanol–water partition coefficient (Wildman–Crippen LogP) is 1.88. The number of likely N-dealkylation sites (N-methyl/N-ethyl adjacent to an activating group) is 1. The minimum Gasteiger partial charge on any atom is -0.315 e. The Labute approximate surface area is 123 Å². The summed E-state index contributed by atoms with van der Waals surface area (Å²) in [6.45, 7) is 1.41. The smallest absolute Gasteiger partial charge is 0.244 e. The number of nitrogens with zero attached hydrogens (tertiary/aromatic N) is 1. The number of sulfonamides is 1. The summed E-state index contributed by atoms with van der Waals surface area (Å²) < 4.78 is 38.9. The second-order valence-electron chi connectivity index (χ2n) is 4.24. The molecule has 0 aliphatic carbocycles. The zero-order valence-corrected chi connectivity index (χ0v) is 12.7. The summed E-state index contributed by atoms with van der Waals surface area (Å²) in [5.74, 6) is -0.552. The van der Waals surface area contributed by atoms with Crippen molar-refractivity contribution in [1.82, 2.24) is 9.62 Å². The molecule has 4 nitrogen and oxygen atoms in total. The number of nitrogens with one attached hydrogen (secondary N) is 1. The maximum absolute atomic E-state index is 12.9. The molecule has 1 fully saturated rings. The second kappa shape index (κ2) is 6.37. The fraction of sp³-hybridized carbons (Fsp3) is 0.455. The molecule has 1 heterocycles. The molecule has 108 valence electrons. The molecule has 1 aromatic carbocycles. The van der Waals surface area contributed by atoms with Gasteiger partial charge in [0.05, 0.1) is 5.02 Å². The van der Waals surface area contributed by atoms with Gasteiger partial charge in [-0.1, -0.05) is 11.6 Å². The lowest BCUT2D eigenvalue weighted by Crippen LogP contribution is -2.38. The number of hydrogen-bond donors (Lipinski definition) is 1. The summed E-state index contributed by atoms with van der Waals surface area (Å²) in [7, 11) is -2.15. The molecule has 0 aromatic heterocycles. The van der Waals surface area contributed by atoms with Crippen LogP contribution in [0.25, 0.3) is 0 Å². The van der Waals surface area contributed by atoms with Gasteiger partial charge in [-0.05, 0) is 31.2 Å². The SMILES string of the molecule is CN(C1CCNC1)S(=O)(=O)c1ccc(F)cc1Cl.Cl. The molecule has 1 aliphatic rings. The van der Waals surface area contributed by atoms with Crippen molar-refractivity contribution in [3.63, 3.8) is 0 Å². The summed E-state index contributed by atoms with van der Waals surface area (Å²) in [6.07, 6.45) is 0.758. The van der Waals surface area contributed by atoms with Crippen LogP contribution >= 0.6 is 24.0 Å². The molecule has 1 aliphatic heterocycles. The summed E-state index contributed by atoms with van der Waals surface area (Å²) in [5.41, 5.74) is 0. The van der Waals surface area contributed by atoms with E-state index in [1.54, 1.807) is 0 Å². The van der Waals surface area contributed by atoms with Gasteiger partial charge in [0.25, 0.3) is 0 Å². The monoisotopic (exact) mass is 328 g/mol. The van der Waals surface area contributed by atoms with Gasteiger partial charge >= 0.3 is 0 Å². The van der Waals surface area contributed by atoms with Gasteiger partial charge in [-0.2, -0.15) is 4.31 Å². The summed E-state index contributed by atoms with van der Waals surface area (Å²) in [6, 6.07) is 3.22. The van der Waals surface area contributed by atoms with E-state index in [9.17, 15) is 12.8 Å². The predicted molar refractivity (Wildman–Crippen MR) is 74.9 cm³/mol. The molecule has 1 saturated heterocycles. The van der Waals surface area contributed by atoms with Gasteiger partial charge in [-0.25, -0.2) is 12.8 Å². The van der Waals surface area contributed by atoms with E-state index >= 15 is 0 Å². The fourth-order valence-corrected chi connectivity index (χ4v) is 3.87. The average molecular weight is 329 g/mol. The van der Waals surface area contributed by atoms with E-state index in [-0.39, 0.29) is 28.4 Å². The topological polar surface area (TPSA) is 49.4 Å². The average Bonchev–Trinajstić information content (AvgIpc) is 2.80. The van der Waals surface area contributed by atoms with Crippen LogP contribution in [0.2, 0.25) is 5.02 Å². The Hall–Kier alpha value is -0.400. The van der Waals surface area contributed by atoms with Crippen LogP contribution in [0, 0.1) is 5.82 Å². The molecule has 0 bridgehead atoms. The summed E-state index contributed by atoms with van der Waals surface area (Å²) >= 11 is 5.80. The van der Waals surface area contributed by atoms with Crippen LogP contribution in [-0.4, -0.2) is 38.9 Å². The molecule has 0 spiro atoms. The standard InChI is InChI=1S/C11H14ClFN2O2S.ClH/c1-15(9-4-5-14-7-9)18(16,17)11-3-2-8(13)6-10(11)12;/h2-3,6,9,14H,4-5,7H2,1H3;1H. The Morgan fingerprint density at radius 2 is 2.16 bits per heavy atom. The Balaban J connectivity index is 0.00000180. The quantitative estimate of drug-likeness (QED) is 0.921. The van der Waals surface area contributed by atoms with E-state index in [0.29, 0.717) is 6.54 Å². The zero-order chi connectivity index (χ0) is 13.3. The normalized spacial score (nSPS) is 19.5. The Morgan fingerprint density at radius 1 is 1.47 bits per heavy atom. The number of hydrogen-bond acceptors (Lipinski definition) is 3. The van der Waals surface area contributed by atoms with E-state index in [1.807, 2.05) is 0 Å². The number of benzene rings is 1. The Kier molecular flexibility index (Phi) is 5.58. The zero-order valence-electron chi connectivity index (χ0n) is 10.3. The van der Waals surface area contributed by atoms with Crippen LogP contribution in [-0.2, 0) is 10.0 Å². The van der Waals surface area contributed by atoms with Crippen molar-refractivity contribution in [3.8, 4) is 0 Å². The van der Waals surface area contributed by atoms with Crippen molar-refractivity contribution in [2.24, 2.45) is 0 Å². The summed E-state index contributed by atoms with van der Waals surface area (Å²) in [4.78, 5) is -0.0556. The lowest BCUT2D eigenvalue weighted by atomic mass is 10.3. The van der Waals surface area contributed by atoms with Crippen LogP contribution in [0.1, 0.15) is 6.42 Å². The van der Waals surface area contributed by atoms with E-state index in [2.05, 4.69) is 5.32 Å². The van der Waals surface area contributed by atoms with Gasteiger partial charge in [0, 0.05) is 19.6 Å². The van der Waals surface area contributed by atoms with Crippen molar-refractivity contribution in [2.45, 2.75) is 17.4 Å². The minimum atomic E-state index is -3.68. The molecular formula is C11H15Cl2FN2O2S. The third-order valence-electron chi connectivity index (χ3n) is 3.10. The molecule has 1 N–H and O–H groups in total. The van der Waals surface area contributed by atoms with Gasteiger partial charge in [0.15, 0.2) is 0 Å². The van der Waals surface area contributed by atoms with Crippen LogP contribution < -0.4 is 5.32 Å². The largest absolute Gasteiger partial charge is 0.315 e. The first-order chi connectivity index (χ1) is 8.43. The molecule has 1 unspecified atom stereocenters. The van der Waals surface area contributed by atoms with Crippen LogP contribution in [0.3, 0.4) is 0 Å². The van der Waals surface area contributed by atoms with Crippen molar-refractivity contribution in [1.29, 1.82) is 0 Å². The van der Waals surface area contributed by atoms with E-state index in [1.165, 1.54) is 17.4 Å². The lowest BCUT2D eigenvalue weighted by molar-refractivity contribution is 0.387. The minimum absolute atomic E-state index is 0. The van der Waals surface area contributed by atoms with Crippen molar-refractivity contribution in [3.05, 3.63) is 29.0 Å². The second-order valence-corrected chi connectivity index (χ2v) is 6.62. The van der Waals surface area contributed by atoms with Crippen molar-refractivity contribution >= 4 is 34.0 Å². The van der Waals surface area contributed by atoms with Gasteiger partial charge in [-0.3, -0.25) is 0 Å². The molecule has 8 heteroatoms. The maximum Gasteiger partial charge on any atom is 0.244 e. The third kappa shape index (κ3) is 3.38. The van der Waals surface area contributed by atoms with Crippen molar-refractivity contribution in [2.75, 3.05) is 20.1 Å². The molecule has 1 aromatic rings. The Morgan fingerprint density at radius 3 is 2.68 bits per heavy atom. The molecule has 1 atom stereocenters. The molecular weight excluding hydrogens is 314 g/mol. The third-order valence-corrected chi connectivity index (χ3v) is 5.49. The number of rotatable bonds is 3. The van der Waals surface area contributed by atoms with Gasteiger partial charge in [-0.15, -0.1) is 12.4 Å². The van der Waals surface area contributed by atoms with Gasteiger partial charge in [0.2, 0.25) is 10.0 Å². The van der Waals surface area contributed by atoms with Crippen LogP contribution in [0.5, 0.6) is 0 Å².